The van der Waals surface area contributed by atoms with Crippen LogP contribution in [-0.2, 0) is 0 Å². The molecule has 1 heterocycles. The van der Waals surface area contributed by atoms with Gasteiger partial charge in [0.1, 0.15) is 0 Å². The molecule has 2 rings (SSSR count). The molecule has 0 saturated heterocycles. The molecule has 94 valence electrons. The first-order valence-corrected chi connectivity index (χ1v) is 6.85. The molecule has 0 saturated carbocycles. The van der Waals surface area contributed by atoms with Crippen molar-refractivity contribution in [2.45, 2.75) is 13.8 Å². The summed E-state index contributed by atoms with van der Waals surface area (Å²) in [5.41, 5.74) is 3.36. The second-order valence-electron chi connectivity index (χ2n) is 4.20. The Morgan fingerprint density at radius 2 is 2.06 bits per heavy atom. The Labute approximate surface area is 116 Å². The molecule has 0 bridgehead atoms. The third-order valence-electron chi connectivity index (χ3n) is 2.67. The Hall–Kier alpha value is -1.32. The van der Waals surface area contributed by atoms with Gasteiger partial charge >= 0.3 is 0 Å². The van der Waals surface area contributed by atoms with Crippen molar-refractivity contribution in [2.24, 2.45) is 0 Å². The maximum atomic E-state index is 11.9. The predicted molar refractivity (Wildman–Crippen MR) is 78.1 cm³/mol. The monoisotopic (exact) mass is 279 g/mol. The summed E-state index contributed by atoms with van der Waals surface area (Å²) in [6, 6.07) is 9.63. The maximum absolute atomic E-state index is 11.9. The number of ketones is 1. The number of carbonyl (C=O) groups is 1. The molecule has 2 aromatic rings. The first-order chi connectivity index (χ1) is 8.56. The number of thiophene rings is 1. The van der Waals surface area contributed by atoms with Gasteiger partial charge < -0.3 is 5.32 Å². The normalized spacial score (nSPS) is 10.4. The van der Waals surface area contributed by atoms with Crippen LogP contribution in [0.2, 0.25) is 4.34 Å². The fourth-order valence-corrected chi connectivity index (χ4v) is 2.72. The van der Waals surface area contributed by atoms with E-state index in [4.69, 9.17) is 11.6 Å². The molecule has 0 amide bonds. The summed E-state index contributed by atoms with van der Waals surface area (Å²) in [5.74, 6) is 0.0619. The molecule has 1 N–H and O–H groups in total. The number of benzene rings is 1. The number of nitrogens with one attached hydrogen (secondary N) is 1. The van der Waals surface area contributed by atoms with Crippen molar-refractivity contribution in [2.75, 3.05) is 11.9 Å². The highest BCUT2D eigenvalue weighted by molar-refractivity contribution is 7.18. The Morgan fingerprint density at radius 1 is 1.28 bits per heavy atom. The SMILES string of the molecule is Cc1ccc(NCC(=O)c2ccc(Cl)s2)c(C)c1. The molecule has 0 aliphatic rings. The van der Waals surface area contributed by atoms with E-state index in [0.717, 1.165) is 11.3 Å². The smallest absolute Gasteiger partial charge is 0.191 e. The molecule has 0 unspecified atom stereocenters. The Balaban J connectivity index is 2.01. The van der Waals surface area contributed by atoms with Crippen LogP contribution >= 0.6 is 22.9 Å². The van der Waals surface area contributed by atoms with Crippen LogP contribution in [0.5, 0.6) is 0 Å². The number of carbonyl (C=O) groups excluding carboxylic acids is 1. The fraction of sp³-hybridized carbons (Fsp3) is 0.214. The summed E-state index contributed by atoms with van der Waals surface area (Å²) in [6.07, 6.45) is 0. The maximum Gasteiger partial charge on any atom is 0.191 e. The van der Waals surface area contributed by atoms with Crippen molar-refractivity contribution in [3.8, 4) is 0 Å². The van der Waals surface area contributed by atoms with E-state index in [0.29, 0.717) is 15.8 Å². The zero-order valence-corrected chi connectivity index (χ0v) is 11.9. The van der Waals surface area contributed by atoms with Crippen LogP contribution in [0.25, 0.3) is 0 Å². The van der Waals surface area contributed by atoms with Crippen LogP contribution in [0.15, 0.2) is 30.3 Å². The standard InChI is InChI=1S/C14H14ClNOS/c1-9-3-4-11(10(2)7-9)16-8-12(17)13-5-6-14(15)18-13/h3-7,16H,8H2,1-2H3. The van der Waals surface area contributed by atoms with E-state index in [1.165, 1.54) is 16.9 Å². The number of rotatable bonds is 4. The van der Waals surface area contributed by atoms with E-state index >= 15 is 0 Å². The van der Waals surface area contributed by atoms with Crippen LogP contribution in [0.1, 0.15) is 20.8 Å². The van der Waals surface area contributed by atoms with Gasteiger partial charge in [0, 0.05) is 5.69 Å². The molecule has 0 fully saturated rings. The Morgan fingerprint density at radius 3 is 2.67 bits per heavy atom. The molecule has 0 aliphatic carbocycles. The summed E-state index contributed by atoms with van der Waals surface area (Å²) < 4.78 is 0.643. The van der Waals surface area contributed by atoms with Gasteiger partial charge in [-0.05, 0) is 37.6 Å². The lowest BCUT2D eigenvalue weighted by atomic mass is 10.1. The van der Waals surface area contributed by atoms with Crippen LogP contribution in [0.3, 0.4) is 0 Å². The molecule has 1 aromatic carbocycles. The van der Waals surface area contributed by atoms with Gasteiger partial charge in [0.05, 0.1) is 15.8 Å². The van der Waals surface area contributed by atoms with Crippen molar-refractivity contribution in [3.63, 3.8) is 0 Å². The fourth-order valence-electron chi connectivity index (χ4n) is 1.74. The van der Waals surface area contributed by atoms with Crippen LogP contribution in [0, 0.1) is 13.8 Å². The molecule has 0 radical (unpaired) electrons. The Bertz CT molecular complexity index is 577. The highest BCUT2D eigenvalue weighted by atomic mass is 35.5. The lowest BCUT2D eigenvalue weighted by molar-refractivity contribution is 0.101. The lowest BCUT2D eigenvalue weighted by Crippen LogP contribution is -2.13. The number of halogens is 1. The van der Waals surface area contributed by atoms with E-state index in [1.807, 2.05) is 19.1 Å². The topological polar surface area (TPSA) is 29.1 Å². The molecule has 18 heavy (non-hydrogen) atoms. The second-order valence-corrected chi connectivity index (χ2v) is 5.91. The van der Waals surface area contributed by atoms with Gasteiger partial charge in [-0.2, -0.15) is 0 Å². The van der Waals surface area contributed by atoms with Crippen LogP contribution < -0.4 is 5.32 Å². The minimum Gasteiger partial charge on any atom is -0.377 e. The molecular weight excluding hydrogens is 266 g/mol. The number of hydrogen-bond donors (Lipinski definition) is 1. The van der Waals surface area contributed by atoms with Gasteiger partial charge in [-0.3, -0.25) is 4.79 Å². The van der Waals surface area contributed by atoms with E-state index in [-0.39, 0.29) is 5.78 Å². The molecule has 1 aromatic heterocycles. The molecule has 4 heteroatoms. The molecular formula is C14H14ClNOS. The van der Waals surface area contributed by atoms with Gasteiger partial charge in [-0.15, -0.1) is 11.3 Å². The van der Waals surface area contributed by atoms with E-state index in [9.17, 15) is 4.79 Å². The first-order valence-electron chi connectivity index (χ1n) is 5.66. The quantitative estimate of drug-likeness (QED) is 0.845. The highest BCUT2D eigenvalue weighted by Crippen LogP contribution is 2.22. The second kappa shape index (κ2) is 5.55. The van der Waals surface area contributed by atoms with Crippen molar-refractivity contribution in [1.29, 1.82) is 0 Å². The minimum absolute atomic E-state index is 0.0619. The average Bonchev–Trinajstić information content (AvgIpc) is 2.74. The van der Waals surface area contributed by atoms with E-state index in [2.05, 4.69) is 18.3 Å². The number of aryl methyl sites for hydroxylation is 2. The minimum atomic E-state index is 0.0619. The van der Waals surface area contributed by atoms with Crippen molar-refractivity contribution in [1.82, 2.24) is 0 Å². The largest absolute Gasteiger partial charge is 0.377 e. The van der Waals surface area contributed by atoms with Crippen LogP contribution in [-0.4, -0.2) is 12.3 Å². The third kappa shape index (κ3) is 3.12. The Kier molecular flexibility index (Phi) is 4.04. The van der Waals surface area contributed by atoms with Gasteiger partial charge in [-0.1, -0.05) is 29.3 Å². The average molecular weight is 280 g/mol. The molecule has 2 nitrogen and oxygen atoms in total. The van der Waals surface area contributed by atoms with Crippen LogP contribution in [0.4, 0.5) is 5.69 Å². The molecule has 0 atom stereocenters. The van der Waals surface area contributed by atoms with Gasteiger partial charge in [0.15, 0.2) is 5.78 Å². The first kappa shape index (κ1) is 13.1. The number of hydrogen-bond acceptors (Lipinski definition) is 3. The van der Waals surface area contributed by atoms with Crippen molar-refractivity contribution in [3.05, 3.63) is 50.7 Å². The summed E-state index contributed by atoms with van der Waals surface area (Å²) in [7, 11) is 0. The molecule has 0 aliphatic heterocycles. The third-order valence-corrected chi connectivity index (χ3v) is 3.94. The number of Topliss-reactive ketones (excluding diaryl/α,β-unsaturated/α-hetero) is 1. The lowest BCUT2D eigenvalue weighted by Gasteiger charge is -2.08. The summed E-state index contributed by atoms with van der Waals surface area (Å²) >= 11 is 7.12. The summed E-state index contributed by atoms with van der Waals surface area (Å²) in [6.45, 7) is 4.37. The van der Waals surface area contributed by atoms with E-state index < -0.39 is 0 Å². The van der Waals surface area contributed by atoms with E-state index in [1.54, 1.807) is 12.1 Å². The summed E-state index contributed by atoms with van der Waals surface area (Å²) in [4.78, 5) is 12.6. The van der Waals surface area contributed by atoms with Crippen molar-refractivity contribution >= 4 is 34.4 Å². The van der Waals surface area contributed by atoms with Crippen molar-refractivity contribution < 1.29 is 4.79 Å². The van der Waals surface area contributed by atoms with Gasteiger partial charge in [0.2, 0.25) is 0 Å². The predicted octanol–water partition coefficient (Wildman–Crippen LogP) is 4.31. The number of anilines is 1. The zero-order valence-electron chi connectivity index (χ0n) is 10.3. The zero-order chi connectivity index (χ0) is 13.1. The molecule has 0 spiro atoms. The van der Waals surface area contributed by atoms with Gasteiger partial charge in [0.25, 0.3) is 0 Å². The van der Waals surface area contributed by atoms with Gasteiger partial charge in [-0.25, -0.2) is 0 Å². The summed E-state index contributed by atoms with van der Waals surface area (Å²) in [5, 5.41) is 3.16. The highest BCUT2D eigenvalue weighted by Gasteiger charge is 2.09.